The van der Waals surface area contributed by atoms with Crippen molar-refractivity contribution in [3.05, 3.63) is 20.8 Å². The van der Waals surface area contributed by atoms with Crippen LogP contribution in [0, 0.1) is 0 Å². The number of halogens is 1. The van der Waals surface area contributed by atoms with E-state index in [1.165, 1.54) is 30.8 Å². The molecule has 1 aliphatic rings. The van der Waals surface area contributed by atoms with Crippen molar-refractivity contribution in [2.24, 2.45) is 0 Å². The maximum absolute atomic E-state index is 9.41. The molecule has 1 unspecified atom stereocenters. The number of hydrogen-bond acceptors (Lipinski definition) is 3. The lowest BCUT2D eigenvalue weighted by atomic mass is 10.1. The van der Waals surface area contributed by atoms with Crippen molar-refractivity contribution in [2.75, 3.05) is 26.2 Å². The van der Waals surface area contributed by atoms with Gasteiger partial charge in [-0.2, -0.15) is 0 Å². The van der Waals surface area contributed by atoms with Gasteiger partial charge in [-0.3, -0.25) is 0 Å². The third kappa shape index (κ3) is 3.03. The summed E-state index contributed by atoms with van der Waals surface area (Å²) in [4.78, 5) is 3.74. The predicted octanol–water partition coefficient (Wildman–Crippen LogP) is 2.68. The van der Waals surface area contributed by atoms with E-state index in [4.69, 9.17) is 0 Å². The van der Waals surface area contributed by atoms with E-state index in [0.717, 1.165) is 10.3 Å². The standard InChI is InChI=1S/C11H16BrNOS/c12-11-4-3-10(15-11)9(8-14)7-13-5-1-2-6-13/h3-4,9,14H,1-2,5-8H2. The third-order valence-electron chi connectivity index (χ3n) is 2.89. The van der Waals surface area contributed by atoms with Crippen molar-refractivity contribution in [1.82, 2.24) is 4.90 Å². The van der Waals surface area contributed by atoms with Crippen LogP contribution >= 0.6 is 27.3 Å². The molecule has 2 heterocycles. The molecule has 2 nitrogen and oxygen atoms in total. The zero-order valence-electron chi connectivity index (χ0n) is 8.66. The van der Waals surface area contributed by atoms with Crippen LogP contribution in [0.5, 0.6) is 0 Å². The smallest absolute Gasteiger partial charge is 0.0701 e. The van der Waals surface area contributed by atoms with E-state index in [1.807, 2.05) is 0 Å². The molecule has 0 aromatic carbocycles. The van der Waals surface area contributed by atoms with Crippen LogP contribution in [0.3, 0.4) is 0 Å². The van der Waals surface area contributed by atoms with Gasteiger partial charge in [-0.15, -0.1) is 11.3 Å². The second-order valence-corrected chi connectivity index (χ2v) is 6.52. The van der Waals surface area contributed by atoms with E-state index in [9.17, 15) is 5.11 Å². The number of likely N-dealkylation sites (tertiary alicyclic amines) is 1. The molecular weight excluding hydrogens is 274 g/mol. The van der Waals surface area contributed by atoms with Gasteiger partial charge in [-0.25, -0.2) is 0 Å². The van der Waals surface area contributed by atoms with Crippen LogP contribution in [-0.4, -0.2) is 36.2 Å². The third-order valence-corrected chi connectivity index (χ3v) is 4.68. The van der Waals surface area contributed by atoms with Crippen LogP contribution in [0.15, 0.2) is 15.9 Å². The van der Waals surface area contributed by atoms with E-state index in [-0.39, 0.29) is 6.61 Å². The first-order valence-corrected chi connectivity index (χ1v) is 6.99. The Kier molecular flexibility index (Phi) is 4.20. The Balaban J connectivity index is 1.97. The minimum atomic E-state index is 0.253. The predicted molar refractivity (Wildman–Crippen MR) is 67.5 cm³/mol. The number of rotatable bonds is 4. The van der Waals surface area contributed by atoms with E-state index >= 15 is 0 Å². The highest BCUT2D eigenvalue weighted by molar-refractivity contribution is 9.11. The Morgan fingerprint density at radius 2 is 2.13 bits per heavy atom. The summed E-state index contributed by atoms with van der Waals surface area (Å²) in [6.07, 6.45) is 2.62. The van der Waals surface area contributed by atoms with E-state index in [1.54, 1.807) is 11.3 Å². The molecule has 1 atom stereocenters. The highest BCUT2D eigenvalue weighted by Crippen LogP contribution is 2.29. The fourth-order valence-electron chi connectivity index (χ4n) is 2.06. The number of nitrogens with zero attached hydrogens (tertiary/aromatic N) is 1. The van der Waals surface area contributed by atoms with Gasteiger partial charge in [0, 0.05) is 17.3 Å². The molecule has 84 valence electrons. The first-order valence-electron chi connectivity index (χ1n) is 5.38. The molecular formula is C11H16BrNOS. The zero-order chi connectivity index (χ0) is 10.7. The molecule has 2 rings (SSSR count). The Morgan fingerprint density at radius 3 is 2.67 bits per heavy atom. The molecule has 0 amide bonds. The Hall–Kier alpha value is 0.1000. The first kappa shape index (κ1) is 11.6. The topological polar surface area (TPSA) is 23.5 Å². The van der Waals surface area contributed by atoms with Gasteiger partial charge in [0.1, 0.15) is 0 Å². The lowest BCUT2D eigenvalue weighted by molar-refractivity contribution is 0.222. The summed E-state index contributed by atoms with van der Waals surface area (Å²) in [6.45, 7) is 3.65. The van der Waals surface area contributed by atoms with Crippen LogP contribution < -0.4 is 0 Å². The second kappa shape index (κ2) is 5.43. The summed E-state index contributed by atoms with van der Waals surface area (Å²) in [5.74, 6) is 0.291. The van der Waals surface area contributed by atoms with Crippen LogP contribution in [0.1, 0.15) is 23.6 Å². The van der Waals surface area contributed by atoms with Crippen molar-refractivity contribution in [2.45, 2.75) is 18.8 Å². The van der Waals surface area contributed by atoms with E-state index in [2.05, 4.69) is 33.0 Å². The fraction of sp³-hybridized carbons (Fsp3) is 0.636. The van der Waals surface area contributed by atoms with Gasteiger partial charge in [0.2, 0.25) is 0 Å². The molecule has 0 radical (unpaired) electrons. The normalized spacial score (nSPS) is 19.6. The maximum atomic E-state index is 9.41. The SMILES string of the molecule is OCC(CN1CCCC1)c1ccc(Br)s1. The fourth-order valence-corrected chi connectivity index (χ4v) is 3.57. The van der Waals surface area contributed by atoms with Gasteiger partial charge in [0.05, 0.1) is 10.4 Å². The molecule has 1 aromatic heterocycles. The number of aliphatic hydroxyl groups is 1. The first-order chi connectivity index (χ1) is 7.29. The van der Waals surface area contributed by atoms with Gasteiger partial charge in [0.25, 0.3) is 0 Å². The zero-order valence-corrected chi connectivity index (χ0v) is 11.1. The van der Waals surface area contributed by atoms with Gasteiger partial charge in [-0.1, -0.05) is 0 Å². The quantitative estimate of drug-likeness (QED) is 0.921. The Morgan fingerprint density at radius 1 is 1.40 bits per heavy atom. The van der Waals surface area contributed by atoms with Crippen molar-refractivity contribution in [1.29, 1.82) is 0 Å². The second-order valence-electron chi connectivity index (χ2n) is 4.03. The average Bonchev–Trinajstić information content (AvgIpc) is 2.85. The van der Waals surface area contributed by atoms with Crippen molar-refractivity contribution >= 4 is 27.3 Å². The Bertz CT molecular complexity index is 309. The van der Waals surface area contributed by atoms with Crippen LogP contribution in [0.4, 0.5) is 0 Å². The summed E-state index contributed by atoms with van der Waals surface area (Å²) < 4.78 is 1.15. The van der Waals surface area contributed by atoms with Crippen LogP contribution in [-0.2, 0) is 0 Å². The summed E-state index contributed by atoms with van der Waals surface area (Å²) in [6, 6.07) is 4.18. The molecule has 1 saturated heterocycles. The van der Waals surface area contributed by atoms with Gasteiger partial charge in [-0.05, 0) is 54.0 Å². The number of aliphatic hydroxyl groups excluding tert-OH is 1. The molecule has 0 spiro atoms. The maximum Gasteiger partial charge on any atom is 0.0701 e. The minimum Gasteiger partial charge on any atom is -0.396 e. The van der Waals surface area contributed by atoms with E-state index < -0.39 is 0 Å². The molecule has 0 saturated carbocycles. The monoisotopic (exact) mass is 289 g/mol. The molecule has 1 fully saturated rings. The molecule has 4 heteroatoms. The van der Waals surface area contributed by atoms with Gasteiger partial charge < -0.3 is 10.0 Å². The highest BCUT2D eigenvalue weighted by atomic mass is 79.9. The van der Waals surface area contributed by atoms with Gasteiger partial charge in [0.15, 0.2) is 0 Å². The molecule has 1 aliphatic heterocycles. The average molecular weight is 290 g/mol. The van der Waals surface area contributed by atoms with Gasteiger partial charge >= 0.3 is 0 Å². The largest absolute Gasteiger partial charge is 0.396 e. The van der Waals surface area contributed by atoms with E-state index in [0.29, 0.717) is 5.92 Å². The molecule has 0 aliphatic carbocycles. The molecule has 1 N–H and O–H groups in total. The van der Waals surface area contributed by atoms with Crippen molar-refractivity contribution in [3.63, 3.8) is 0 Å². The molecule has 1 aromatic rings. The number of hydrogen-bond donors (Lipinski definition) is 1. The van der Waals surface area contributed by atoms with Crippen molar-refractivity contribution in [3.8, 4) is 0 Å². The minimum absolute atomic E-state index is 0.253. The molecule has 0 bridgehead atoms. The molecule has 15 heavy (non-hydrogen) atoms. The Labute approximate surface area is 103 Å². The van der Waals surface area contributed by atoms with Crippen LogP contribution in [0.25, 0.3) is 0 Å². The number of thiophene rings is 1. The summed E-state index contributed by atoms with van der Waals surface area (Å²) in [5, 5.41) is 9.41. The highest BCUT2D eigenvalue weighted by Gasteiger charge is 2.19. The lowest BCUT2D eigenvalue weighted by Crippen LogP contribution is -2.26. The summed E-state index contributed by atoms with van der Waals surface area (Å²) in [7, 11) is 0. The summed E-state index contributed by atoms with van der Waals surface area (Å²) in [5.41, 5.74) is 0. The van der Waals surface area contributed by atoms with Crippen LogP contribution in [0.2, 0.25) is 0 Å². The summed E-state index contributed by atoms with van der Waals surface area (Å²) >= 11 is 5.20. The lowest BCUT2D eigenvalue weighted by Gasteiger charge is -2.20. The van der Waals surface area contributed by atoms with Crippen molar-refractivity contribution < 1.29 is 5.11 Å².